The van der Waals surface area contributed by atoms with Crippen LogP contribution >= 0.6 is 0 Å². The van der Waals surface area contributed by atoms with Crippen molar-refractivity contribution < 1.29 is 33.4 Å². The Bertz CT molecular complexity index is 1410. The van der Waals surface area contributed by atoms with Crippen molar-refractivity contribution in [1.82, 2.24) is 0 Å². The second-order valence-electron chi connectivity index (χ2n) is 11.8. The maximum absolute atomic E-state index is 15.3. The molecule has 0 amide bonds. The fourth-order valence-corrected chi connectivity index (χ4v) is 5.51. The summed E-state index contributed by atoms with van der Waals surface area (Å²) < 4.78 is 26.4. The number of hydrogen-bond donors (Lipinski definition) is 1. The van der Waals surface area contributed by atoms with Gasteiger partial charge < -0.3 is 14.6 Å². The number of carbonyl (C=O) groups excluding carboxylic acids is 2. The van der Waals surface area contributed by atoms with Crippen LogP contribution < -0.4 is 4.74 Å². The van der Waals surface area contributed by atoms with E-state index in [1.165, 1.54) is 49.9 Å². The molecular formula is C38H47FO6. The van der Waals surface area contributed by atoms with Crippen LogP contribution in [0.25, 0.3) is 22.3 Å². The Hall–Kier alpha value is -4.00. The Morgan fingerprint density at radius 1 is 0.778 bits per heavy atom. The highest BCUT2D eigenvalue weighted by atomic mass is 19.1. The predicted octanol–water partition coefficient (Wildman–Crippen LogP) is 10.3. The SMILES string of the molecule is CCCCCCCCCC(=O)Oc1ccc(-c2ccc(C(=O)O)cc2-c2ccc(C(=O)O[C@H](C)CC(CC)CC)c(F)c2)cc1. The van der Waals surface area contributed by atoms with E-state index in [2.05, 4.69) is 20.8 Å². The number of aromatic carboxylic acids is 1. The third-order valence-corrected chi connectivity index (χ3v) is 8.28. The van der Waals surface area contributed by atoms with E-state index < -0.39 is 17.8 Å². The summed E-state index contributed by atoms with van der Waals surface area (Å²) in [7, 11) is 0. The first-order valence-electron chi connectivity index (χ1n) is 16.4. The van der Waals surface area contributed by atoms with Gasteiger partial charge in [0.05, 0.1) is 17.2 Å². The molecule has 0 radical (unpaired) electrons. The van der Waals surface area contributed by atoms with Crippen LogP contribution in [0.4, 0.5) is 4.39 Å². The van der Waals surface area contributed by atoms with Crippen LogP contribution in [-0.4, -0.2) is 29.1 Å². The van der Waals surface area contributed by atoms with E-state index in [-0.39, 0.29) is 23.2 Å². The summed E-state index contributed by atoms with van der Waals surface area (Å²) in [5.41, 5.74) is 2.16. The summed E-state index contributed by atoms with van der Waals surface area (Å²) in [6.07, 6.45) is 10.5. The van der Waals surface area contributed by atoms with E-state index >= 15 is 4.39 Å². The molecule has 0 saturated heterocycles. The topological polar surface area (TPSA) is 89.9 Å². The van der Waals surface area contributed by atoms with E-state index in [0.29, 0.717) is 41.2 Å². The lowest BCUT2D eigenvalue weighted by Crippen LogP contribution is -2.19. The van der Waals surface area contributed by atoms with Crippen LogP contribution in [0.15, 0.2) is 60.7 Å². The van der Waals surface area contributed by atoms with E-state index in [1.54, 1.807) is 36.4 Å². The minimum atomic E-state index is -1.11. The Kier molecular flexibility index (Phi) is 14.3. The van der Waals surface area contributed by atoms with Crippen molar-refractivity contribution in [2.24, 2.45) is 5.92 Å². The molecule has 0 unspecified atom stereocenters. The molecule has 45 heavy (non-hydrogen) atoms. The first-order valence-corrected chi connectivity index (χ1v) is 16.4. The Morgan fingerprint density at radius 2 is 1.42 bits per heavy atom. The molecule has 3 rings (SSSR count). The highest BCUT2D eigenvalue weighted by molar-refractivity contribution is 5.95. The third-order valence-electron chi connectivity index (χ3n) is 8.28. The minimum absolute atomic E-state index is 0.0452. The molecule has 1 atom stereocenters. The van der Waals surface area contributed by atoms with Crippen LogP contribution in [0.2, 0.25) is 0 Å². The molecule has 0 aliphatic carbocycles. The largest absolute Gasteiger partial charge is 0.478 e. The zero-order valence-corrected chi connectivity index (χ0v) is 27.1. The van der Waals surface area contributed by atoms with E-state index in [0.717, 1.165) is 37.7 Å². The first kappa shape index (κ1) is 35.5. The average Bonchev–Trinajstić information content (AvgIpc) is 3.03. The van der Waals surface area contributed by atoms with Gasteiger partial charge in [0, 0.05) is 6.42 Å². The second-order valence-corrected chi connectivity index (χ2v) is 11.8. The number of ether oxygens (including phenoxy) is 2. The monoisotopic (exact) mass is 618 g/mol. The van der Waals surface area contributed by atoms with Crippen LogP contribution in [0.1, 0.15) is 119 Å². The first-order chi connectivity index (χ1) is 21.7. The second kappa shape index (κ2) is 18.1. The number of unbranched alkanes of at least 4 members (excludes halogenated alkanes) is 6. The normalized spacial score (nSPS) is 11.8. The maximum atomic E-state index is 15.3. The van der Waals surface area contributed by atoms with Crippen molar-refractivity contribution in [3.05, 3.63) is 77.6 Å². The highest BCUT2D eigenvalue weighted by Crippen LogP contribution is 2.35. The predicted molar refractivity (Wildman–Crippen MR) is 176 cm³/mol. The minimum Gasteiger partial charge on any atom is -0.478 e. The van der Waals surface area contributed by atoms with Crippen molar-refractivity contribution in [3.63, 3.8) is 0 Å². The molecule has 6 nitrogen and oxygen atoms in total. The summed E-state index contributed by atoms with van der Waals surface area (Å²) in [5.74, 6) is -2.02. The number of carboxylic acids is 1. The van der Waals surface area contributed by atoms with Gasteiger partial charge >= 0.3 is 17.9 Å². The molecule has 242 valence electrons. The quantitative estimate of drug-likeness (QED) is 0.0867. The molecule has 7 heteroatoms. The number of hydrogen-bond acceptors (Lipinski definition) is 5. The molecule has 0 bridgehead atoms. The molecule has 0 saturated carbocycles. The molecule has 0 aliphatic heterocycles. The third kappa shape index (κ3) is 10.8. The van der Waals surface area contributed by atoms with Gasteiger partial charge in [-0.3, -0.25) is 4.79 Å². The highest BCUT2D eigenvalue weighted by Gasteiger charge is 2.20. The lowest BCUT2D eigenvalue weighted by Gasteiger charge is -2.19. The summed E-state index contributed by atoms with van der Waals surface area (Å²) in [4.78, 5) is 36.9. The van der Waals surface area contributed by atoms with Gasteiger partial charge in [-0.2, -0.15) is 0 Å². The molecule has 1 N–H and O–H groups in total. The van der Waals surface area contributed by atoms with Crippen molar-refractivity contribution in [3.8, 4) is 28.0 Å². The van der Waals surface area contributed by atoms with E-state index in [1.807, 2.05) is 6.92 Å². The van der Waals surface area contributed by atoms with Crippen LogP contribution in [0.3, 0.4) is 0 Å². The van der Waals surface area contributed by atoms with Crippen LogP contribution in [0, 0.1) is 11.7 Å². The number of rotatable bonds is 18. The molecule has 0 aromatic heterocycles. The van der Waals surface area contributed by atoms with Gasteiger partial charge in [-0.25, -0.2) is 14.0 Å². The molecule has 0 fully saturated rings. The Labute approximate surface area is 267 Å². The zero-order valence-electron chi connectivity index (χ0n) is 27.1. The van der Waals surface area contributed by atoms with Crippen molar-refractivity contribution >= 4 is 17.9 Å². The van der Waals surface area contributed by atoms with Crippen molar-refractivity contribution in [2.75, 3.05) is 0 Å². The zero-order chi connectivity index (χ0) is 32.8. The summed E-state index contributed by atoms with van der Waals surface area (Å²) in [5, 5.41) is 9.63. The van der Waals surface area contributed by atoms with Crippen LogP contribution in [-0.2, 0) is 9.53 Å². The van der Waals surface area contributed by atoms with E-state index in [4.69, 9.17) is 9.47 Å². The number of halogens is 1. The van der Waals surface area contributed by atoms with Gasteiger partial charge in [0.1, 0.15) is 11.6 Å². The fourth-order valence-electron chi connectivity index (χ4n) is 5.51. The Morgan fingerprint density at radius 3 is 2.04 bits per heavy atom. The molecule has 3 aromatic carbocycles. The molecule has 0 heterocycles. The van der Waals surface area contributed by atoms with Gasteiger partial charge in [-0.05, 0) is 84.3 Å². The number of carbonyl (C=O) groups is 3. The molecule has 0 spiro atoms. The van der Waals surface area contributed by atoms with Gasteiger partial charge in [0.15, 0.2) is 0 Å². The summed E-state index contributed by atoms with van der Waals surface area (Å²) in [6, 6.07) is 15.8. The number of esters is 2. The lowest BCUT2D eigenvalue weighted by atomic mass is 9.92. The lowest BCUT2D eigenvalue weighted by molar-refractivity contribution is -0.134. The van der Waals surface area contributed by atoms with Gasteiger partial charge in [0.25, 0.3) is 0 Å². The van der Waals surface area contributed by atoms with E-state index in [9.17, 15) is 19.5 Å². The molecule has 0 aliphatic rings. The van der Waals surface area contributed by atoms with Gasteiger partial charge in [-0.1, -0.05) is 96.4 Å². The number of benzene rings is 3. The Balaban J connectivity index is 1.75. The van der Waals surface area contributed by atoms with Crippen molar-refractivity contribution in [2.45, 2.75) is 104 Å². The smallest absolute Gasteiger partial charge is 0.341 e. The van der Waals surface area contributed by atoms with Crippen LogP contribution in [0.5, 0.6) is 5.75 Å². The standard InChI is InChI=1S/C38H47FO6/c1-5-8-9-10-11-12-13-14-36(40)45-31-19-15-28(16-20-31)32-21-18-30(37(41)42)24-34(32)29-17-22-33(35(39)25-29)38(43)44-26(4)23-27(6-2)7-3/h15-22,24-27H,5-14,23H2,1-4H3,(H,41,42)/t26-/m1/s1. The van der Waals surface area contributed by atoms with Crippen molar-refractivity contribution in [1.29, 1.82) is 0 Å². The van der Waals surface area contributed by atoms with Gasteiger partial charge in [0.2, 0.25) is 0 Å². The maximum Gasteiger partial charge on any atom is 0.341 e. The number of carboxylic acid groups (broad SMARTS) is 1. The summed E-state index contributed by atoms with van der Waals surface area (Å²) in [6.45, 7) is 8.19. The molecular weight excluding hydrogens is 571 g/mol. The average molecular weight is 619 g/mol. The molecule has 3 aromatic rings. The van der Waals surface area contributed by atoms with Gasteiger partial charge in [-0.15, -0.1) is 0 Å². The summed E-state index contributed by atoms with van der Waals surface area (Å²) >= 11 is 0. The fraction of sp³-hybridized carbons (Fsp3) is 0.447.